The monoisotopic (exact) mass is 360 g/mol. The van der Waals surface area contributed by atoms with E-state index in [1.54, 1.807) is 20.8 Å². The molecule has 2 aromatic rings. The Morgan fingerprint density at radius 1 is 0.840 bits per heavy atom. The third-order valence-electron chi connectivity index (χ3n) is 4.69. The standard InChI is InChI=1S/C21H29O3P/c1-7-24-25(22,23)21(5,6)19-14-10-17(11-15-19)16-8-12-18(13-9-16)20(2,3)4/h8-15H,7H2,1-6H3,(H,22,23). The zero-order valence-electron chi connectivity index (χ0n) is 16.0. The summed E-state index contributed by atoms with van der Waals surface area (Å²) in [5.74, 6) is 0. The zero-order valence-corrected chi connectivity index (χ0v) is 16.9. The van der Waals surface area contributed by atoms with Gasteiger partial charge in [0.2, 0.25) is 0 Å². The van der Waals surface area contributed by atoms with Crippen LogP contribution in [0.5, 0.6) is 0 Å². The first-order valence-electron chi connectivity index (χ1n) is 8.68. The van der Waals surface area contributed by atoms with Crippen molar-refractivity contribution in [3.63, 3.8) is 0 Å². The molecule has 0 fully saturated rings. The fourth-order valence-corrected chi connectivity index (χ4v) is 3.88. The number of rotatable bonds is 5. The predicted octanol–water partition coefficient (Wildman–Crippen LogP) is 6.11. The fraction of sp³-hybridized carbons (Fsp3) is 0.429. The van der Waals surface area contributed by atoms with Gasteiger partial charge in [-0.1, -0.05) is 69.3 Å². The van der Waals surface area contributed by atoms with Gasteiger partial charge in [0.15, 0.2) is 0 Å². The summed E-state index contributed by atoms with van der Waals surface area (Å²) in [5, 5.41) is -0.947. The van der Waals surface area contributed by atoms with E-state index in [9.17, 15) is 9.46 Å². The number of hydrogen-bond donors (Lipinski definition) is 1. The second-order valence-electron chi connectivity index (χ2n) is 7.90. The third-order valence-corrected chi connectivity index (χ3v) is 6.97. The SMILES string of the molecule is CCOP(=O)(O)C(C)(C)c1ccc(-c2ccc(C(C)(C)C)cc2)cc1. The van der Waals surface area contributed by atoms with E-state index in [4.69, 9.17) is 4.52 Å². The molecule has 1 atom stereocenters. The lowest BCUT2D eigenvalue weighted by atomic mass is 9.86. The van der Waals surface area contributed by atoms with Crippen molar-refractivity contribution in [2.45, 2.75) is 52.1 Å². The molecule has 2 aromatic carbocycles. The van der Waals surface area contributed by atoms with Gasteiger partial charge in [0, 0.05) is 0 Å². The average molecular weight is 360 g/mol. The van der Waals surface area contributed by atoms with Crippen molar-refractivity contribution < 1.29 is 14.0 Å². The van der Waals surface area contributed by atoms with Crippen LogP contribution in [0.1, 0.15) is 52.7 Å². The van der Waals surface area contributed by atoms with Crippen LogP contribution in [0.25, 0.3) is 11.1 Å². The van der Waals surface area contributed by atoms with Crippen molar-refractivity contribution in [2.75, 3.05) is 6.61 Å². The Kier molecular flexibility index (Phi) is 5.63. The molecule has 25 heavy (non-hydrogen) atoms. The molecule has 3 nitrogen and oxygen atoms in total. The summed E-state index contributed by atoms with van der Waals surface area (Å²) in [5.41, 5.74) is 4.45. The second-order valence-corrected chi connectivity index (χ2v) is 10.3. The van der Waals surface area contributed by atoms with Crippen LogP contribution in [0.2, 0.25) is 0 Å². The van der Waals surface area contributed by atoms with Crippen molar-refractivity contribution in [2.24, 2.45) is 0 Å². The highest BCUT2D eigenvalue weighted by Gasteiger charge is 2.41. The molecule has 1 unspecified atom stereocenters. The first-order chi connectivity index (χ1) is 11.5. The molecule has 0 heterocycles. The van der Waals surface area contributed by atoms with Crippen LogP contribution >= 0.6 is 7.60 Å². The van der Waals surface area contributed by atoms with Gasteiger partial charge in [-0.3, -0.25) is 4.57 Å². The van der Waals surface area contributed by atoms with Crippen molar-refractivity contribution in [3.8, 4) is 11.1 Å². The van der Waals surface area contributed by atoms with Gasteiger partial charge >= 0.3 is 7.60 Å². The van der Waals surface area contributed by atoms with E-state index >= 15 is 0 Å². The van der Waals surface area contributed by atoms with Gasteiger partial charge in [-0.15, -0.1) is 0 Å². The molecule has 0 radical (unpaired) electrons. The molecule has 0 aliphatic carbocycles. The van der Waals surface area contributed by atoms with Crippen molar-refractivity contribution >= 4 is 7.60 Å². The Morgan fingerprint density at radius 3 is 1.60 bits per heavy atom. The van der Waals surface area contributed by atoms with E-state index < -0.39 is 12.8 Å². The van der Waals surface area contributed by atoms with E-state index in [2.05, 4.69) is 45.0 Å². The molecule has 136 valence electrons. The Balaban J connectivity index is 2.30. The van der Waals surface area contributed by atoms with E-state index in [0.717, 1.165) is 16.7 Å². The molecule has 0 bridgehead atoms. The summed E-state index contributed by atoms with van der Waals surface area (Å²) in [6, 6.07) is 16.4. The molecule has 0 spiro atoms. The molecular weight excluding hydrogens is 331 g/mol. The molecule has 0 aliphatic rings. The normalized spacial score (nSPS) is 15.0. The predicted molar refractivity (Wildman–Crippen MR) is 105 cm³/mol. The lowest BCUT2D eigenvalue weighted by molar-refractivity contribution is 0.251. The Bertz CT molecular complexity index is 753. The van der Waals surface area contributed by atoms with Crippen LogP contribution in [0.15, 0.2) is 48.5 Å². The largest absolute Gasteiger partial charge is 0.337 e. The average Bonchev–Trinajstić information content (AvgIpc) is 2.54. The van der Waals surface area contributed by atoms with Crippen molar-refractivity contribution in [1.29, 1.82) is 0 Å². The fourth-order valence-electron chi connectivity index (χ4n) is 2.73. The lowest BCUT2D eigenvalue weighted by Crippen LogP contribution is -2.19. The molecule has 0 saturated carbocycles. The number of hydrogen-bond acceptors (Lipinski definition) is 2. The van der Waals surface area contributed by atoms with Gasteiger partial charge in [-0.05, 0) is 48.4 Å². The molecule has 0 aromatic heterocycles. The first-order valence-corrected chi connectivity index (χ1v) is 10.3. The van der Waals surface area contributed by atoms with Gasteiger partial charge in [-0.25, -0.2) is 0 Å². The summed E-state index contributed by atoms with van der Waals surface area (Å²) < 4.78 is 17.6. The Labute approximate surface area is 151 Å². The molecule has 4 heteroatoms. The summed E-state index contributed by atoms with van der Waals surface area (Å²) in [4.78, 5) is 10.2. The molecular formula is C21H29O3P. The van der Waals surface area contributed by atoms with Gasteiger partial charge in [0.05, 0.1) is 11.8 Å². The minimum Gasteiger partial charge on any atom is -0.324 e. The van der Waals surface area contributed by atoms with Crippen LogP contribution in [-0.4, -0.2) is 11.5 Å². The Morgan fingerprint density at radius 2 is 1.24 bits per heavy atom. The van der Waals surface area contributed by atoms with Crippen molar-refractivity contribution in [1.82, 2.24) is 0 Å². The van der Waals surface area contributed by atoms with Crippen LogP contribution in [0, 0.1) is 0 Å². The maximum atomic E-state index is 12.5. The highest BCUT2D eigenvalue weighted by atomic mass is 31.2. The van der Waals surface area contributed by atoms with Crippen LogP contribution < -0.4 is 0 Å². The maximum absolute atomic E-state index is 12.5. The minimum atomic E-state index is -3.73. The zero-order chi connectivity index (χ0) is 18.9. The smallest absolute Gasteiger partial charge is 0.324 e. The third kappa shape index (κ3) is 4.23. The van der Waals surface area contributed by atoms with Crippen LogP contribution in [-0.2, 0) is 19.7 Å². The lowest BCUT2D eigenvalue weighted by Gasteiger charge is -2.29. The molecule has 0 saturated heterocycles. The highest BCUT2D eigenvalue weighted by Crippen LogP contribution is 2.60. The van der Waals surface area contributed by atoms with Crippen molar-refractivity contribution in [3.05, 3.63) is 59.7 Å². The summed E-state index contributed by atoms with van der Waals surface area (Å²) >= 11 is 0. The van der Waals surface area contributed by atoms with Gasteiger partial charge in [-0.2, -0.15) is 0 Å². The minimum absolute atomic E-state index is 0.133. The van der Waals surface area contributed by atoms with Gasteiger partial charge in [0.1, 0.15) is 0 Å². The first kappa shape index (κ1) is 19.9. The van der Waals surface area contributed by atoms with E-state index in [0.29, 0.717) is 0 Å². The topological polar surface area (TPSA) is 46.5 Å². The van der Waals surface area contributed by atoms with E-state index in [-0.39, 0.29) is 12.0 Å². The Hall–Kier alpha value is -1.41. The summed E-state index contributed by atoms with van der Waals surface area (Å²) in [6.45, 7) is 12.0. The van der Waals surface area contributed by atoms with Crippen LogP contribution in [0.3, 0.4) is 0 Å². The summed E-state index contributed by atoms with van der Waals surface area (Å²) in [7, 11) is -3.73. The molecule has 0 aliphatic heterocycles. The van der Waals surface area contributed by atoms with E-state index in [1.807, 2.05) is 24.3 Å². The second kappa shape index (κ2) is 7.07. The van der Waals surface area contributed by atoms with E-state index in [1.165, 1.54) is 5.56 Å². The quantitative estimate of drug-likeness (QED) is 0.655. The molecule has 2 rings (SSSR count). The van der Waals surface area contributed by atoms with Gasteiger partial charge < -0.3 is 9.42 Å². The van der Waals surface area contributed by atoms with Gasteiger partial charge in [0.25, 0.3) is 0 Å². The number of benzene rings is 2. The molecule has 1 N–H and O–H groups in total. The maximum Gasteiger partial charge on any atom is 0.337 e. The summed E-state index contributed by atoms with van der Waals surface area (Å²) in [6.07, 6.45) is 0. The highest BCUT2D eigenvalue weighted by molar-refractivity contribution is 7.54. The molecule has 0 amide bonds. The van der Waals surface area contributed by atoms with Crippen LogP contribution in [0.4, 0.5) is 0 Å².